The molecule has 0 radical (unpaired) electrons. The number of halogens is 1. The number of piperidine rings is 1. The van der Waals surface area contributed by atoms with Gasteiger partial charge in [0.15, 0.2) is 0 Å². The van der Waals surface area contributed by atoms with E-state index >= 15 is 0 Å². The molecule has 6 heteroatoms. The van der Waals surface area contributed by atoms with Crippen molar-refractivity contribution in [2.24, 2.45) is 0 Å². The minimum absolute atomic E-state index is 0.258. The number of aromatic nitrogens is 1. The first-order valence-corrected chi connectivity index (χ1v) is 7.10. The summed E-state index contributed by atoms with van der Waals surface area (Å²) in [6.45, 7) is 2.61. The highest BCUT2D eigenvalue weighted by Crippen LogP contribution is 2.21. The van der Waals surface area contributed by atoms with Crippen LogP contribution in [0.4, 0.5) is 0 Å². The fraction of sp³-hybridized carbons (Fsp3) is 0.500. The average molecular weight is 297 g/mol. The summed E-state index contributed by atoms with van der Waals surface area (Å²) in [5.74, 6) is -0.618. The normalized spacial score (nSPS) is 18.7. The van der Waals surface area contributed by atoms with Gasteiger partial charge in [0.1, 0.15) is 11.7 Å². The van der Waals surface area contributed by atoms with Crippen molar-refractivity contribution in [3.8, 4) is 0 Å². The lowest BCUT2D eigenvalue weighted by atomic mass is 10.0. The van der Waals surface area contributed by atoms with E-state index in [1.54, 1.807) is 17.9 Å². The number of rotatable bonds is 3. The van der Waals surface area contributed by atoms with Gasteiger partial charge in [-0.1, -0.05) is 11.6 Å². The first-order valence-electron chi connectivity index (χ1n) is 6.72. The zero-order valence-corrected chi connectivity index (χ0v) is 12.1. The van der Waals surface area contributed by atoms with E-state index in [2.05, 4.69) is 4.98 Å². The van der Waals surface area contributed by atoms with Gasteiger partial charge in [0, 0.05) is 17.8 Å². The number of likely N-dealkylation sites (tertiary alicyclic amines) is 1. The maximum absolute atomic E-state index is 12.5. The molecule has 0 N–H and O–H groups in total. The van der Waals surface area contributed by atoms with Crippen LogP contribution in [-0.4, -0.2) is 41.0 Å². The van der Waals surface area contributed by atoms with Gasteiger partial charge in [-0.15, -0.1) is 0 Å². The van der Waals surface area contributed by atoms with Crippen LogP contribution in [0.1, 0.15) is 36.7 Å². The number of amides is 1. The van der Waals surface area contributed by atoms with Crippen molar-refractivity contribution < 1.29 is 14.3 Å². The van der Waals surface area contributed by atoms with Gasteiger partial charge in [0.2, 0.25) is 0 Å². The Morgan fingerprint density at radius 1 is 1.50 bits per heavy atom. The van der Waals surface area contributed by atoms with E-state index < -0.39 is 6.04 Å². The largest absolute Gasteiger partial charge is 0.464 e. The van der Waals surface area contributed by atoms with Crippen LogP contribution >= 0.6 is 11.6 Å². The predicted molar refractivity (Wildman–Crippen MR) is 74.6 cm³/mol. The quantitative estimate of drug-likeness (QED) is 0.803. The second-order valence-electron chi connectivity index (χ2n) is 4.62. The molecule has 0 aromatic carbocycles. The molecule has 1 aromatic heterocycles. The minimum Gasteiger partial charge on any atom is -0.464 e. The molecule has 1 fully saturated rings. The highest BCUT2D eigenvalue weighted by Gasteiger charge is 2.34. The van der Waals surface area contributed by atoms with Gasteiger partial charge in [-0.25, -0.2) is 4.79 Å². The molecule has 2 heterocycles. The Labute approximate surface area is 122 Å². The zero-order valence-electron chi connectivity index (χ0n) is 11.3. The molecular weight excluding hydrogens is 280 g/mol. The summed E-state index contributed by atoms with van der Waals surface area (Å²) in [5.41, 5.74) is 0.258. The Balaban J connectivity index is 2.19. The Hall–Kier alpha value is -1.62. The maximum atomic E-state index is 12.5. The van der Waals surface area contributed by atoms with E-state index in [0.29, 0.717) is 24.6 Å². The molecule has 1 aromatic rings. The van der Waals surface area contributed by atoms with Gasteiger partial charge in [0.05, 0.1) is 6.61 Å². The summed E-state index contributed by atoms with van der Waals surface area (Å²) in [4.78, 5) is 30.0. The van der Waals surface area contributed by atoms with Crippen molar-refractivity contribution in [1.29, 1.82) is 0 Å². The van der Waals surface area contributed by atoms with Crippen molar-refractivity contribution in [2.75, 3.05) is 13.2 Å². The van der Waals surface area contributed by atoms with Crippen LogP contribution in [0.15, 0.2) is 18.3 Å². The topological polar surface area (TPSA) is 59.5 Å². The molecule has 0 bridgehead atoms. The van der Waals surface area contributed by atoms with Crippen molar-refractivity contribution >= 4 is 23.5 Å². The van der Waals surface area contributed by atoms with Crippen molar-refractivity contribution in [2.45, 2.75) is 32.2 Å². The standard InChI is InChI=1S/C14H17ClN2O3/c1-2-20-14(19)12-5-3-4-8-17(12)13(18)11-9-10(15)6-7-16-11/h6-7,9,12H,2-5,8H2,1H3. The lowest BCUT2D eigenvalue weighted by Crippen LogP contribution is -2.48. The highest BCUT2D eigenvalue weighted by atomic mass is 35.5. The molecule has 20 heavy (non-hydrogen) atoms. The smallest absolute Gasteiger partial charge is 0.328 e. The number of nitrogens with zero attached hydrogens (tertiary/aromatic N) is 2. The monoisotopic (exact) mass is 296 g/mol. The number of hydrogen-bond donors (Lipinski definition) is 0. The number of hydrogen-bond acceptors (Lipinski definition) is 4. The van der Waals surface area contributed by atoms with Gasteiger partial charge in [-0.2, -0.15) is 0 Å². The Morgan fingerprint density at radius 3 is 3.00 bits per heavy atom. The molecule has 0 saturated carbocycles. The second-order valence-corrected chi connectivity index (χ2v) is 5.06. The minimum atomic E-state index is -0.517. The lowest BCUT2D eigenvalue weighted by molar-refractivity contribution is -0.149. The number of carbonyl (C=O) groups is 2. The molecule has 1 aliphatic heterocycles. The van der Waals surface area contributed by atoms with E-state index in [1.165, 1.54) is 12.3 Å². The summed E-state index contributed by atoms with van der Waals surface area (Å²) in [7, 11) is 0. The van der Waals surface area contributed by atoms with E-state index in [4.69, 9.17) is 16.3 Å². The van der Waals surface area contributed by atoms with Gasteiger partial charge < -0.3 is 9.64 Å². The molecule has 1 atom stereocenters. The second kappa shape index (κ2) is 6.70. The molecule has 0 aliphatic carbocycles. The molecule has 1 aliphatic rings. The lowest BCUT2D eigenvalue weighted by Gasteiger charge is -2.33. The zero-order chi connectivity index (χ0) is 14.5. The van der Waals surface area contributed by atoms with E-state index in [9.17, 15) is 9.59 Å². The molecule has 2 rings (SSSR count). The van der Waals surface area contributed by atoms with Gasteiger partial charge in [-0.3, -0.25) is 9.78 Å². The van der Waals surface area contributed by atoms with E-state index in [1.807, 2.05) is 0 Å². The number of carbonyl (C=O) groups excluding carboxylic acids is 2. The first kappa shape index (κ1) is 14.8. The molecule has 5 nitrogen and oxygen atoms in total. The maximum Gasteiger partial charge on any atom is 0.328 e. The van der Waals surface area contributed by atoms with Crippen LogP contribution in [0.3, 0.4) is 0 Å². The summed E-state index contributed by atoms with van der Waals surface area (Å²) >= 11 is 5.87. The van der Waals surface area contributed by atoms with Crippen LogP contribution in [0.5, 0.6) is 0 Å². The third kappa shape index (κ3) is 3.28. The Bertz CT molecular complexity index is 507. The van der Waals surface area contributed by atoms with Crippen LogP contribution in [-0.2, 0) is 9.53 Å². The fourth-order valence-electron chi connectivity index (χ4n) is 2.33. The molecule has 1 unspecified atom stereocenters. The summed E-state index contributed by atoms with van der Waals surface area (Å²) in [5, 5.41) is 0.452. The highest BCUT2D eigenvalue weighted by molar-refractivity contribution is 6.30. The van der Waals surface area contributed by atoms with E-state index in [0.717, 1.165) is 12.8 Å². The van der Waals surface area contributed by atoms with E-state index in [-0.39, 0.29) is 17.6 Å². The summed E-state index contributed by atoms with van der Waals surface area (Å²) < 4.78 is 5.04. The van der Waals surface area contributed by atoms with Crippen LogP contribution in [0.25, 0.3) is 0 Å². The summed E-state index contributed by atoms with van der Waals surface area (Å²) in [6, 6.07) is 2.61. The van der Waals surface area contributed by atoms with Crippen molar-refractivity contribution in [1.82, 2.24) is 9.88 Å². The molecule has 0 spiro atoms. The molecular formula is C14H17ClN2O3. The number of ether oxygens (including phenoxy) is 1. The van der Waals surface area contributed by atoms with Crippen molar-refractivity contribution in [3.05, 3.63) is 29.0 Å². The average Bonchev–Trinajstić information content (AvgIpc) is 2.47. The van der Waals surface area contributed by atoms with Gasteiger partial charge in [-0.05, 0) is 38.3 Å². The first-order chi connectivity index (χ1) is 9.63. The van der Waals surface area contributed by atoms with Crippen LogP contribution in [0.2, 0.25) is 5.02 Å². The van der Waals surface area contributed by atoms with Crippen LogP contribution in [0, 0.1) is 0 Å². The van der Waals surface area contributed by atoms with Gasteiger partial charge in [0.25, 0.3) is 5.91 Å². The molecule has 1 amide bonds. The SMILES string of the molecule is CCOC(=O)C1CCCCN1C(=O)c1cc(Cl)ccn1. The molecule has 108 valence electrons. The Kier molecular flexibility index (Phi) is 4.95. The molecule has 1 saturated heterocycles. The van der Waals surface area contributed by atoms with Crippen LogP contribution < -0.4 is 0 Å². The summed E-state index contributed by atoms with van der Waals surface area (Å²) in [6.07, 6.45) is 3.91. The van der Waals surface area contributed by atoms with Gasteiger partial charge >= 0.3 is 5.97 Å². The number of esters is 1. The number of pyridine rings is 1. The predicted octanol–water partition coefficient (Wildman–Crippen LogP) is 2.29. The third-order valence-corrected chi connectivity index (χ3v) is 3.50. The van der Waals surface area contributed by atoms with Crippen molar-refractivity contribution in [3.63, 3.8) is 0 Å². The Morgan fingerprint density at radius 2 is 2.30 bits per heavy atom. The fourth-order valence-corrected chi connectivity index (χ4v) is 2.49. The third-order valence-electron chi connectivity index (χ3n) is 3.26.